The molecule has 3 heteroatoms. The number of pyridine rings is 1. The molecule has 0 aliphatic heterocycles. The van der Waals surface area contributed by atoms with Gasteiger partial charge in [-0.3, -0.25) is 4.79 Å². The average Bonchev–Trinajstić information content (AvgIpc) is 2.53. The molecule has 0 saturated heterocycles. The lowest BCUT2D eigenvalue weighted by Gasteiger charge is -2.09. The Morgan fingerprint density at radius 1 is 1.12 bits per heavy atom. The number of aromatic nitrogens is 1. The molecule has 0 aliphatic carbocycles. The molecule has 24 heavy (non-hydrogen) atoms. The first-order chi connectivity index (χ1) is 11.5. The van der Waals surface area contributed by atoms with Crippen LogP contribution in [-0.2, 0) is 17.8 Å². The van der Waals surface area contributed by atoms with E-state index in [9.17, 15) is 9.59 Å². The van der Waals surface area contributed by atoms with Gasteiger partial charge in [-0.25, -0.2) is 0 Å². The van der Waals surface area contributed by atoms with Crippen molar-refractivity contribution in [2.75, 3.05) is 0 Å². The van der Waals surface area contributed by atoms with E-state index < -0.39 is 0 Å². The van der Waals surface area contributed by atoms with Crippen molar-refractivity contribution < 1.29 is 4.79 Å². The Morgan fingerprint density at radius 2 is 1.79 bits per heavy atom. The highest BCUT2D eigenvalue weighted by molar-refractivity contribution is 5.75. The molecule has 2 rings (SSSR count). The van der Waals surface area contributed by atoms with Crippen molar-refractivity contribution in [1.82, 2.24) is 4.57 Å². The van der Waals surface area contributed by atoms with Gasteiger partial charge < -0.3 is 9.36 Å². The zero-order chi connectivity index (χ0) is 17.5. The second kappa shape index (κ2) is 8.31. The topological polar surface area (TPSA) is 39.1 Å². The molecule has 2 aromatic rings. The molecule has 0 N–H and O–H groups in total. The van der Waals surface area contributed by atoms with Gasteiger partial charge in [0.05, 0.1) is 0 Å². The molecule has 1 unspecified atom stereocenters. The van der Waals surface area contributed by atoms with Crippen molar-refractivity contribution in [3.05, 3.63) is 69.6 Å². The number of hydrogen-bond acceptors (Lipinski definition) is 2. The first-order valence-electron chi connectivity index (χ1n) is 8.29. The van der Waals surface area contributed by atoms with E-state index >= 15 is 0 Å². The molecule has 0 saturated carbocycles. The van der Waals surface area contributed by atoms with Gasteiger partial charge in [0.2, 0.25) is 0 Å². The van der Waals surface area contributed by atoms with Crippen LogP contribution < -0.4 is 5.56 Å². The Kier molecular flexibility index (Phi) is 6.14. The van der Waals surface area contributed by atoms with E-state index in [0.717, 1.165) is 17.5 Å². The Balaban J connectivity index is 2.06. The summed E-state index contributed by atoms with van der Waals surface area (Å²) in [6.07, 6.45) is 3.28. The maximum Gasteiger partial charge on any atom is 0.251 e. The van der Waals surface area contributed by atoms with Crippen LogP contribution in [0.15, 0.2) is 47.4 Å². The number of nitrogens with zero attached hydrogens (tertiary/aromatic N) is 1. The lowest BCUT2D eigenvalue weighted by molar-refractivity contribution is -0.117. The zero-order valence-electron chi connectivity index (χ0n) is 14.5. The van der Waals surface area contributed by atoms with E-state index in [-0.39, 0.29) is 11.3 Å². The van der Waals surface area contributed by atoms with Crippen molar-refractivity contribution in [2.45, 2.75) is 40.2 Å². The highest BCUT2D eigenvalue weighted by Crippen LogP contribution is 2.13. The van der Waals surface area contributed by atoms with E-state index in [1.807, 2.05) is 25.1 Å². The van der Waals surface area contributed by atoms with Gasteiger partial charge >= 0.3 is 0 Å². The van der Waals surface area contributed by atoms with Gasteiger partial charge in [-0.2, -0.15) is 0 Å². The zero-order valence-corrected chi connectivity index (χ0v) is 14.5. The maximum absolute atomic E-state index is 11.8. The van der Waals surface area contributed by atoms with Crippen LogP contribution in [0.4, 0.5) is 0 Å². The van der Waals surface area contributed by atoms with Crippen LogP contribution in [0.1, 0.15) is 43.9 Å². The number of carbonyl (C=O) groups is 1. The fraction of sp³-hybridized carbons (Fsp3) is 0.333. The predicted octanol–water partition coefficient (Wildman–Crippen LogP) is 3.43. The molecule has 0 fully saturated rings. The third-order valence-electron chi connectivity index (χ3n) is 3.86. The quantitative estimate of drug-likeness (QED) is 0.792. The van der Waals surface area contributed by atoms with E-state index in [1.165, 1.54) is 5.56 Å². The monoisotopic (exact) mass is 321 g/mol. The van der Waals surface area contributed by atoms with Crippen LogP contribution >= 0.6 is 0 Å². The maximum atomic E-state index is 11.8. The number of aryl methyl sites for hydroxylation is 1. The lowest BCUT2D eigenvalue weighted by atomic mass is 9.96. The number of benzene rings is 1. The number of ketones is 1. The number of Topliss-reactive ketones (excluding diaryl/α,β-unsaturated/α-hetero) is 1. The van der Waals surface area contributed by atoms with Gasteiger partial charge in [0.15, 0.2) is 0 Å². The van der Waals surface area contributed by atoms with Gasteiger partial charge in [0.1, 0.15) is 5.78 Å². The van der Waals surface area contributed by atoms with Crippen molar-refractivity contribution in [3.63, 3.8) is 0 Å². The highest BCUT2D eigenvalue weighted by atomic mass is 16.1. The fourth-order valence-corrected chi connectivity index (χ4v) is 2.68. The van der Waals surface area contributed by atoms with Crippen LogP contribution in [0.3, 0.4) is 0 Å². The first kappa shape index (κ1) is 17.7. The summed E-state index contributed by atoms with van der Waals surface area (Å²) in [6.45, 7) is 6.32. The SMILES string of the molecule is CCn1ccc(C#Cc2ccc(CC(C)CC(C)=O)cc2)cc1=O. The molecule has 1 heterocycles. The number of carbonyl (C=O) groups excluding carboxylic acids is 1. The molecule has 0 amide bonds. The van der Waals surface area contributed by atoms with Crippen molar-refractivity contribution >= 4 is 5.78 Å². The summed E-state index contributed by atoms with van der Waals surface area (Å²) < 4.78 is 1.64. The molecular formula is C21H23NO2. The van der Waals surface area contributed by atoms with Gasteiger partial charge in [0, 0.05) is 36.4 Å². The third kappa shape index (κ3) is 5.24. The Labute approximate surface area is 143 Å². The molecule has 0 spiro atoms. The minimum atomic E-state index is -0.0286. The molecule has 0 aliphatic rings. The van der Waals surface area contributed by atoms with E-state index in [4.69, 9.17) is 0 Å². The Hall–Kier alpha value is -2.60. The molecule has 124 valence electrons. The van der Waals surface area contributed by atoms with E-state index in [2.05, 4.69) is 30.9 Å². The average molecular weight is 321 g/mol. The Bertz CT molecular complexity index is 819. The lowest BCUT2D eigenvalue weighted by Crippen LogP contribution is -2.17. The molecular weight excluding hydrogens is 298 g/mol. The summed E-state index contributed by atoms with van der Waals surface area (Å²) in [5.74, 6) is 6.70. The first-order valence-corrected chi connectivity index (χ1v) is 8.29. The summed E-state index contributed by atoms with van der Waals surface area (Å²) in [5.41, 5.74) is 2.82. The Morgan fingerprint density at radius 3 is 2.38 bits per heavy atom. The highest BCUT2D eigenvalue weighted by Gasteiger charge is 2.06. The predicted molar refractivity (Wildman–Crippen MR) is 97.0 cm³/mol. The van der Waals surface area contributed by atoms with Gasteiger partial charge in [-0.1, -0.05) is 30.9 Å². The largest absolute Gasteiger partial charge is 0.316 e. The summed E-state index contributed by atoms with van der Waals surface area (Å²) in [5, 5.41) is 0. The molecule has 0 radical (unpaired) electrons. The van der Waals surface area contributed by atoms with Crippen LogP contribution in [0, 0.1) is 17.8 Å². The molecule has 0 bridgehead atoms. The standard InChI is InChI=1S/C21H23NO2/c1-4-22-12-11-20(15-21(22)24)10-7-18-5-8-19(9-6-18)14-16(2)13-17(3)23/h5-6,8-9,11-12,15-16H,4,13-14H2,1-3H3. The summed E-state index contributed by atoms with van der Waals surface area (Å²) >= 11 is 0. The third-order valence-corrected chi connectivity index (χ3v) is 3.86. The van der Waals surface area contributed by atoms with Crippen molar-refractivity contribution in [3.8, 4) is 11.8 Å². The van der Waals surface area contributed by atoms with Crippen LogP contribution in [-0.4, -0.2) is 10.4 Å². The normalized spacial score (nSPS) is 11.5. The minimum absolute atomic E-state index is 0.0286. The molecule has 1 aromatic heterocycles. The molecule has 1 atom stereocenters. The van der Waals surface area contributed by atoms with Crippen molar-refractivity contribution in [2.24, 2.45) is 5.92 Å². The van der Waals surface area contributed by atoms with Gasteiger partial charge in [-0.15, -0.1) is 0 Å². The van der Waals surface area contributed by atoms with Gasteiger partial charge in [0.25, 0.3) is 5.56 Å². The van der Waals surface area contributed by atoms with Crippen LogP contribution in [0.2, 0.25) is 0 Å². The number of rotatable bonds is 5. The van der Waals surface area contributed by atoms with E-state index in [1.54, 1.807) is 23.8 Å². The second-order valence-corrected chi connectivity index (χ2v) is 6.20. The van der Waals surface area contributed by atoms with Crippen LogP contribution in [0.5, 0.6) is 0 Å². The van der Waals surface area contributed by atoms with Gasteiger partial charge in [-0.05, 0) is 49.9 Å². The number of hydrogen-bond donors (Lipinski definition) is 0. The second-order valence-electron chi connectivity index (χ2n) is 6.20. The van der Waals surface area contributed by atoms with Crippen molar-refractivity contribution in [1.29, 1.82) is 0 Å². The fourth-order valence-electron chi connectivity index (χ4n) is 2.68. The summed E-state index contributed by atoms with van der Waals surface area (Å²) in [4.78, 5) is 22.9. The van der Waals surface area contributed by atoms with E-state index in [0.29, 0.717) is 18.9 Å². The summed E-state index contributed by atoms with van der Waals surface area (Å²) in [6, 6.07) is 11.5. The van der Waals surface area contributed by atoms with Crippen LogP contribution in [0.25, 0.3) is 0 Å². The smallest absolute Gasteiger partial charge is 0.251 e. The molecule has 3 nitrogen and oxygen atoms in total. The summed E-state index contributed by atoms with van der Waals surface area (Å²) in [7, 11) is 0. The molecule has 1 aromatic carbocycles. The minimum Gasteiger partial charge on any atom is -0.316 e.